The molecule has 2 bridgehead atoms. The standard InChI is InChI=1S/C14H17NOS/c1-9-3-4-13(10(2)5-9)14(16)15-7-12-6-11(15)8-17-12/h3-5,11-12H,6-8H2,1-2H3/t11-,12+/m0/s1. The van der Waals surface area contributed by atoms with Gasteiger partial charge in [0.1, 0.15) is 0 Å². The summed E-state index contributed by atoms with van der Waals surface area (Å²) in [6, 6.07) is 6.59. The topological polar surface area (TPSA) is 20.3 Å². The zero-order valence-electron chi connectivity index (χ0n) is 10.3. The minimum Gasteiger partial charge on any atom is -0.334 e. The molecule has 2 aliphatic heterocycles. The number of carbonyl (C=O) groups is 1. The Hall–Kier alpha value is -0.960. The third kappa shape index (κ3) is 1.86. The van der Waals surface area contributed by atoms with Crippen LogP contribution in [-0.4, -0.2) is 34.4 Å². The molecule has 17 heavy (non-hydrogen) atoms. The van der Waals surface area contributed by atoms with Gasteiger partial charge in [-0.1, -0.05) is 17.7 Å². The Kier molecular flexibility index (Phi) is 2.66. The molecule has 2 heterocycles. The van der Waals surface area contributed by atoms with Crippen LogP contribution in [0.25, 0.3) is 0 Å². The molecule has 2 nitrogen and oxygen atoms in total. The van der Waals surface area contributed by atoms with Crippen molar-refractivity contribution < 1.29 is 4.79 Å². The van der Waals surface area contributed by atoms with Gasteiger partial charge in [-0.15, -0.1) is 0 Å². The number of hydrogen-bond acceptors (Lipinski definition) is 2. The molecule has 2 atom stereocenters. The van der Waals surface area contributed by atoms with E-state index in [1.807, 2.05) is 30.8 Å². The Morgan fingerprint density at radius 2 is 2.24 bits per heavy atom. The van der Waals surface area contributed by atoms with Crippen LogP contribution in [0.5, 0.6) is 0 Å². The van der Waals surface area contributed by atoms with Crippen LogP contribution in [0, 0.1) is 13.8 Å². The summed E-state index contributed by atoms with van der Waals surface area (Å²) in [4.78, 5) is 14.6. The molecule has 3 heteroatoms. The van der Waals surface area contributed by atoms with Gasteiger partial charge in [0.05, 0.1) is 0 Å². The predicted octanol–water partition coefficient (Wildman–Crippen LogP) is 2.63. The van der Waals surface area contributed by atoms with Gasteiger partial charge in [0.25, 0.3) is 5.91 Å². The van der Waals surface area contributed by atoms with E-state index in [9.17, 15) is 4.79 Å². The van der Waals surface area contributed by atoms with E-state index in [0.29, 0.717) is 11.3 Å². The zero-order valence-corrected chi connectivity index (χ0v) is 11.1. The van der Waals surface area contributed by atoms with Crippen molar-refractivity contribution in [2.24, 2.45) is 0 Å². The van der Waals surface area contributed by atoms with Crippen molar-refractivity contribution in [2.75, 3.05) is 12.3 Å². The van der Waals surface area contributed by atoms with Gasteiger partial charge >= 0.3 is 0 Å². The first-order valence-electron chi connectivity index (χ1n) is 6.15. The monoisotopic (exact) mass is 247 g/mol. The second-order valence-electron chi connectivity index (χ2n) is 5.12. The number of carbonyl (C=O) groups excluding carboxylic acids is 1. The van der Waals surface area contributed by atoms with Crippen LogP contribution in [0.2, 0.25) is 0 Å². The second kappa shape index (κ2) is 4.05. The SMILES string of the molecule is Cc1ccc(C(=O)N2C[C@H]3C[C@H]2CS3)c(C)c1. The lowest BCUT2D eigenvalue weighted by Gasteiger charge is -2.27. The molecule has 3 rings (SSSR count). The van der Waals surface area contributed by atoms with Gasteiger partial charge < -0.3 is 4.90 Å². The van der Waals surface area contributed by atoms with E-state index in [1.54, 1.807) is 0 Å². The van der Waals surface area contributed by atoms with Crippen molar-refractivity contribution in [1.29, 1.82) is 0 Å². The third-order valence-corrected chi connectivity index (χ3v) is 5.16. The quantitative estimate of drug-likeness (QED) is 0.760. The van der Waals surface area contributed by atoms with E-state index in [0.717, 1.165) is 23.4 Å². The van der Waals surface area contributed by atoms with Crippen LogP contribution < -0.4 is 0 Å². The lowest BCUT2D eigenvalue weighted by Crippen LogP contribution is -2.39. The molecule has 1 aromatic rings. The van der Waals surface area contributed by atoms with Crippen LogP contribution in [0.3, 0.4) is 0 Å². The largest absolute Gasteiger partial charge is 0.334 e. The summed E-state index contributed by atoms with van der Waals surface area (Å²) in [5.74, 6) is 1.36. The van der Waals surface area contributed by atoms with Crippen molar-refractivity contribution in [3.05, 3.63) is 34.9 Å². The Balaban J connectivity index is 1.87. The first-order valence-corrected chi connectivity index (χ1v) is 7.20. The molecule has 0 unspecified atom stereocenters. The Morgan fingerprint density at radius 3 is 2.82 bits per heavy atom. The number of nitrogens with zero attached hydrogens (tertiary/aromatic N) is 1. The fraction of sp³-hybridized carbons (Fsp3) is 0.500. The summed E-state index contributed by atoms with van der Waals surface area (Å²) in [7, 11) is 0. The van der Waals surface area contributed by atoms with Gasteiger partial charge in [0.2, 0.25) is 0 Å². The molecular formula is C14H17NOS. The summed E-state index contributed by atoms with van der Waals surface area (Å²) in [6.07, 6.45) is 1.20. The van der Waals surface area contributed by atoms with Gasteiger partial charge in [-0.2, -0.15) is 11.8 Å². The Labute approximate surface area is 106 Å². The fourth-order valence-electron chi connectivity index (χ4n) is 2.86. The number of fused-ring (bicyclic) bond motifs is 2. The summed E-state index contributed by atoms with van der Waals surface area (Å²) in [5.41, 5.74) is 3.20. The Morgan fingerprint density at radius 1 is 1.41 bits per heavy atom. The summed E-state index contributed by atoms with van der Waals surface area (Å²) < 4.78 is 0. The van der Waals surface area contributed by atoms with Crippen molar-refractivity contribution >= 4 is 17.7 Å². The maximum Gasteiger partial charge on any atom is 0.254 e. The van der Waals surface area contributed by atoms with Crippen LogP contribution in [0.1, 0.15) is 27.9 Å². The normalized spacial score (nSPS) is 26.6. The molecule has 0 aliphatic carbocycles. The van der Waals surface area contributed by atoms with Gasteiger partial charge in [-0.3, -0.25) is 4.79 Å². The van der Waals surface area contributed by atoms with Gasteiger partial charge in [-0.05, 0) is 31.9 Å². The molecule has 2 aliphatic rings. The molecule has 1 amide bonds. The molecular weight excluding hydrogens is 230 g/mol. The summed E-state index contributed by atoms with van der Waals surface area (Å²) >= 11 is 2.02. The highest BCUT2D eigenvalue weighted by Gasteiger charge is 2.41. The van der Waals surface area contributed by atoms with Crippen LogP contribution in [-0.2, 0) is 0 Å². The molecule has 0 spiro atoms. The van der Waals surface area contributed by atoms with E-state index in [1.165, 1.54) is 12.0 Å². The van der Waals surface area contributed by atoms with E-state index < -0.39 is 0 Å². The molecule has 1 aromatic carbocycles. The van der Waals surface area contributed by atoms with Crippen molar-refractivity contribution in [3.8, 4) is 0 Å². The number of rotatable bonds is 1. The lowest BCUT2D eigenvalue weighted by atomic mass is 10.0. The molecule has 0 aromatic heterocycles. The minimum atomic E-state index is 0.232. The number of thioether (sulfide) groups is 1. The second-order valence-corrected chi connectivity index (χ2v) is 6.45. The number of benzene rings is 1. The molecule has 0 saturated carbocycles. The lowest BCUT2D eigenvalue weighted by molar-refractivity contribution is 0.0747. The zero-order chi connectivity index (χ0) is 12.0. The average molecular weight is 247 g/mol. The highest BCUT2D eigenvalue weighted by atomic mass is 32.2. The summed E-state index contributed by atoms with van der Waals surface area (Å²) in [5, 5.41) is 0.690. The maximum atomic E-state index is 12.5. The van der Waals surface area contributed by atoms with Gasteiger partial charge in [0.15, 0.2) is 0 Å². The molecule has 0 radical (unpaired) electrons. The molecule has 2 fully saturated rings. The van der Waals surface area contributed by atoms with Crippen LogP contribution >= 0.6 is 11.8 Å². The predicted molar refractivity (Wildman–Crippen MR) is 71.6 cm³/mol. The maximum absolute atomic E-state index is 12.5. The van der Waals surface area contributed by atoms with Crippen molar-refractivity contribution in [1.82, 2.24) is 4.90 Å². The minimum absolute atomic E-state index is 0.232. The van der Waals surface area contributed by atoms with Crippen LogP contribution in [0.4, 0.5) is 0 Å². The van der Waals surface area contributed by atoms with Gasteiger partial charge in [-0.25, -0.2) is 0 Å². The third-order valence-electron chi connectivity index (χ3n) is 3.77. The van der Waals surface area contributed by atoms with E-state index in [-0.39, 0.29) is 5.91 Å². The van der Waals surface area contributed by atoms with Crippen molar-refractivity contribution in [3.63, 3.8) is 0 Å². The number of likely N-dealkylation sites (tertiary alicyclic amines) is 1. The average Bonchev–Trinajstić information content (AvgIpc) is 2.89. The highest BCUT2D eigenvalue weighted by Crippen LogP contribution is 2.38. The van der Waals surface area contributed by atoms with E-state index in [4.69, 9.17) is 0 Å². The Bertz CT molecular complexity index is 471. The smallest absolute Gasteiger partial charge is 0.254 e. The highest BCUT2D eigenvalue weighted by molar-refractivity contribution is 8.00. The molecule has 0 N–H and O–H groups in total. The van der Waals surface area contributed by atoms with Crippen LogP contribution in [0.15, 0.2) is 18.2 Å². The van der Waals surface area contributed by atoms with E-state index >= 15 is 0 Å². The number of amides is 1. The molecule has 90 valence electrons. The first kappa shape index (κ1) is 11.1. The first-order chi connectivity index (χ1) is 8.15. The molecule has 2 saturated heterocycles. The van der Waals surface area contributed by atoms with Crippen molar-refractivity contribution in [2.45, 2.75) is 31.6 Å². The number of hydrogen-bond donors (Lipinski definition) is 0. The van der Waals surface area contributed by atoms with E-state index in [2.05, 4.69) is 17.9 Å². The fourth-order valence-corrected chi connectivity index (χ4v) is 4.29. The summed E-state index contributed by atoms with van der Waals surface area (Å²) in [6.45, 7) is 5.04. The number of aryl methyl sites for hydroxylation is 2. The van der Waals surface area contributed by atoms with Gasteiger partial charge in [0, 0.05) is 29.2 Å².